The van der Waals surface area contributed by atoms with Gasteiger partial charge in [-0.05, 0) is 32.4 Å². The summed E-state index contributed by atoms with van der Waals surface area (Å²) >= 11 is 0. The molecule has 2 rings (SSSR count). The first-order valence-electron chi connectivity index (χ1n) is 7.69. The number of nitrogens with one attached hydrogen (secondary N) is 1. The number of imidazole rings is 1. The lowest BCUT2D eigenvalue weighted by molar-refractivity contribution is -0.122. The van der Waals surface area contributed by atoms with E-state index in [1.54, 1.807) is 6.20 Å². The molecular formula is C15H26N4O4. The summed E-state index contributed by atoms with van der Waals surface area (Å²) in [5.41, 5.74) is 0. The predicted octanol–water partition coefficient (Wildman–Crippen LogP) is 1.64. The Bertz CT molecular complexity index is 503. The molecule has 2 atom stereocenters. The second kappa shape index (κ2) is 9.14. The molecule has 1 fully saturated rings. The van der Waals surface area contributed by atoms with Crippen LogP contribution in [0, 0.1) is 5.92 Å². The number of carbonyl (C=O) groups is 2. The molecule has 1 aliphatic heterocycles. The molecule has 1 aromatic heterocycles. The molecule has 130 valence electrons. The highest BCUT2D eigenvalue weighted by molar-refractivity contribution is 5.65. The van der Waals surface area contributed by atoms with E-state index in [4.69, 9.17) is 15.0 Å². The average molecular weight is 326 g/mol. The van der Waals surface area contributed by atoms with Crippen LogP contribution in [0.2, 0.25) is 0 Å². The van der Waals surface area contributed by atoms with Crippen molar-refractivity contribution in [3.05, 3.63) is 18.2 Å². The number of amides is 1. The highest BCUT2D eigenvalue weighted by Gasteiger charge is 2.26. The van der Waals surface area contributed by atoms with Gasteiger partial charge in [0.05, 0.1) is 6.04 Å². The van der Waals surface area contributed by atoms with Gasteiger partial charge in [0.1, 0.15) is 5.82 Å². The van der Waals surface area contributed by atoms with Crippen molar-refractivity contribution in [1.82, 2.24) is 19.8 Å². The minimum atomic E-state index is -1.00. The van der Waals surface area contributed by atoms with E-state index in [0.29, 0.717) is 6.04 Å². The molecule has 0 aromatic carbocycles. The van der Waals surface area contributed by atoms with Gasteiger partial charge in [0.25, 0.3) is 6.47 Å². The summed E-state index contributed by atoms with van der Waals surface area (Å²) in [7, 11) is 2.14. The Balaban J connectivity index is 0.000000816. The first-order valence-corrected chi connectivity index (χ1v) is 7.69. The second-order valence-electron chi connectivity index (χ2n) is 5.99. The zero-order chi connectivity index (χ0) is 17.4. The minimum absolute atomic E-state index is 0.161. The Morgan fingerprint density at radius 3 is 2.70 bits per heavy atom. The Labute approximate surface area is 136 Å². The maximum Gasteiger partial charge on any atom is 0.405 e. The summed E-state index contributed by atoms with van der Waals surface area (Å²) in [4.78, 5) is 26.1. The summed E-state index contributed by atoms with van der Waals surface area (Å²) in [6, 6.07) is 0.245. The number of hydrogen-bond acceptors (Lipinski definition) is 4. The zero-order valence-electron chi connectivity index (χ0n) is 13.8. The van der Waals surface area contributed by atoms with Crippen LogP contribution >= 0.6 is 0 Å². The fourth-order valence-electron chi connectivity index (χ4n) is 2.85. The minimum Gasteiger partial charge on any atom is -0.483 e. The predicted molar refractivity (Wildman–Crippen MR) is 85.3 cm³/mol. The highest BCUT2D eigenvalue weighted by Crippen LogP contribution is 2.23. The molecule has 0 saturated carbocycles. The Hall–Kier alpha value is -2.09. The van der Waals surface area contributed by atoms with E-state index < -0.39 is 6.09 Å². The number of nitrogens with zero attached hydrogens (tertiary/aromatic N) is 3. The first-order chi connectivity index (χ1) is 10.9. The molecular weight excluding hydrogens is 300 g/mol. The molecule has 0 radical (unpaired) electrons. The summed E-state index contributed by atoms with van der Waals surface area (Å²) in [5.74, 6) is 0.969. The molecule has 1 saturated heterocycles. The number of aromatic nitrogens is 2. The van der Waals surface area contributed by atoms with E-state index in [0.717, 1.165) is 18.9 Å². The number of hydrogen-bond donors (Lipinski definition) is 3. The molecule has 1 aliphatic rings. The number of rotatable bonds is 5. The topological polar surface area (TPSA) is 108 Å². The van der Waals surface area contributed by atoms with Gasteiger partial charge in [-0.1, -0.05) is 13.8 Å². The van der Waals surface area contributed by atoms with Gasteiger partial charge in [-0.3, -0.25) is 4.79 Å². The van der Waals surface area contributed by atoms with Crippen molar-refractivity contribution in [1.29, 1.82) is 0 Å². The van der Waals surface area contributed by atoms with E-state index in [-0.39, 0.29) is 18.4 Å². The van der Waals surface area contributed by atoms with Gasteiger partial charge >= 0.3 is 6.09 Å². The number of carboxylic acid groups (broad SMARTS) is 2. The van der Waals surface area contributed by atoms with Crippen LogP contribution in [0.25, 0.3) is 0 Å². The van der Waals surface area contributed by atoms with Crippen LogP contribution in [0.5, 0.6) is 0 Å². The van der Waals surface area contributed by atoms with Crippen molar-refractivity contribution in [2.24, 2.45) is 5.92 Å². The van der Waals surface area contributed by atoms with E-state index in [9.17, 15) is 4.79 Å². The molecule has 2 heterocycles. The maximum absolute atomic E-state index is 11.0. The molecule has 23 heavy (non-hydrogen) atoms. The normalized spacial score (nSPS) is 19.0. The van der Waals surface area contributed by atoms with Crippen LogP contribution in [0.3, 0.4) is 0 Å². The third-order valence-corrected chi connectivity index (χ3v) is 4.05. The molecule has 0 unspecified atom stereocenters. The van der Waals surface area contributed by atoms with Crippen LogP contribution in [0.4, 0.5) is 4.79 Å². The number of likely N-dealkylation sites (tertiary alicyclic amines) is 1. The summed E-state index contributed by atoms with van der Waals surface area (Å²) < 4.78 is 2.09. The van der Waals surface area contributed by atoms with E-state index in [2.05, 4.69) is 26.8 Å². The van der Waals surface area contributed by atoms with Crippen LogP contribution in [-0.4, -0.2) is 56.9 Å². The fraction of sp³-hybridized carbons (Fsp3) is 0.667. The molecule has 0 aliphatic carbocycles. The standard InChI is InChI=1S/C14H24N4O2.CH2O2/c1-10(2)12(16-14(19)20)13-15-6-8-18(13)9-11-5-4-7-17(11)3;2-1-3/h6,8,10-12,16H,4-5,7,9H2,1-3H3,(H,19,20);1H,(H,2,3)/t11-,12+;/m1./s1. The van der Waals surface area contributed by atoms with Crippen molar-refractivity contribution in [2.45, 2.75) is 45.3 Å². The monoisotopic (exact) mass is 326 g/mol. The van der Waals surface area contributed by atoms with Gasteiger partial charge in [-0.25, -0.2) is 9.78 Å². The van der Waals surface area contributed by atoms with Crippen molar-refractivity contribution in [3.8, 4) is 0 Å². The van der Waals surface area contributed by atoms with Crippen molar-refractivity contribution in [3.63, 3.8) is 0 Å². The van der Waals surface area contributed by atoms with E-state index in [1.165, 1.54) is 12.8 Å². The molecule has 8 nitrogen and oxygen atoms in total. The van der Waals surface area contributed by atoms with Gasteiger partial charge in [0.15, 0.2) is 0 Å². The lowest BCUT2D eigenvalue weighted by Gasteiger charge is -2.25. The van der Waals surface area contributed by atoms with Gasteiger partial charge in [-0.2, -0.15) is 0 Å². The van der Waals surface area contributed by atoms with Gasteiger partial charge in [-0.15, -0.1) is 0 Å². The second-order valence-corrected chi connectivity index (χ2v) is 5.99. The largest absolute Gasteiger partial charge is 0.483 e. The fourth-order valence-corrected chi connectivity index (χ4v) is 2.85. The van der Waals surface area contributed by atoms with Gasteiger partial charge in [0.2, 0.25) is 0 Å². The smallest absolute Gasteiger partial charge is 0.405 e. The third-order valence-electron chi connectivity index (χ3n) is 4.05. The van der Waals surface area contributed by atoms with E-state index in [1.807, 2.05) is 20.0 Å². The molecule has 8 heteroatoms. The highest BCUT2D eigenvalue weighted by atomic mass is 16.4. The quantitative estimate of drug-likeness (QED) is 0.710. The average Bonchev–Trinajstić information content (AvgIpc) is 3.07. The summed E-state index contributed by atoms with van der Waals surface area (Å²) in [6.45, 7) is 5.76. The first kappa shape index (κ1) is 19.0. The van der Waals surface area contributed by atoms with Gasteiger partial charge in [0, 0.05) is 25.0 Å². The molecule has 1 aromatic rings. The lowest BCUT2D eigenvalue weighted by Crippen LogP contribution is -2.35. The lowest BCUT2D eigenvalue weighted by atomic mass is 10.0. The molecule has 1 amide bonds. The SMILES string of the molecule is CC(C)[C@H](NC(=O)O)c1nccn1C[C@H]1CCCN1C.O=CO. The van der Waals surface area contributed by atoms with Crippen molar-refractivity contribution in [2.75, 3.05) is 13.6 Å². The zero-order valence-corrected chi connectivity index (χ0v) is 13.8. The van der Waals surface area contributed by atoms with E-state index >= 15 is 0 Å². The van der Waals surface area contributed by atoms with Gasteiger partial charge < -0.3 is 25.0 Å². The molecule has 3 N–H and O–H groups in total. The van der Waals surface area contributed by atoms with Crippen molar-refractivity contribution >= 4 is 12.6 Å². The number of likely N-dealkylation sites (N-methyl/N-ethyl adjacent to an activating group) is 1. The summed E-state index contributed by atoms with van der Waals surface area (Å²) in [6.07, 6.45) is 5.11. The van der Waals surface area contributed by atoms with Crippen LogP contribution in [0.1, 0.15) is 38.6 Å². The molecule has 0 spiro atoms. The van der Waals surface area contributed by atoms with Crippen LogP contribution in [0.15, 0.2) is 12.4 Å². The Kier molecular flexibility index (Phi) is 7.53. The molecule has 0 bridgehead atoms. The van der Waals surface area contributed by atoms with Crippen LogP contribution < -0.4 is 5.32 Å². The Morgan fingerprint density at radius 2 is 2.22 bits per heavy atom. The third kappa shape index (κ3) is 5.55. The Morgan fingerprint density at radius 1 is 1.57 bits per heavy atom. The van der Waals surface area contributed by atoms with Crippen molar-refractivity contribution < 1.29 is 19.8 Å². The summed E-state index contributed by atoms with van der Waals surface area (Å²) in [5, 5.41) is 18.5. The van der Waals surface area contributed by atoms with Crippen LogP contribution in [-0.2, 0) is 11.3 Å². The maximum atomic E-state index is 11.0.